The van der Waals surface area contributed by atoms with Gasteiger partial charge in [-0.05, 0) is 109 Å². The highest BCUT2D eigenvalue weighted by Gasteiger charge is 2.25. The van der Waals surface area contributed by atoms with Gasteiger partial charge in [0.1, 0.15) is 12.6 Å². The third-order valence-electron chi connectivity index (χ3n) is 9.91. The van der Waals surface area contributed by atoms with E-state index in [1.54, 1.807) is 21.1 Å². The summed E-state index contributed by atoms with van der Waals surface area (Å²) in [6.07, 6.45) is 71.5. The van der Waals surface area contributed by atoms with Crippen LogP contribution in [0.1, 0.15) is 142 Å². The summed E-state index contributed by atoms with van der Waals surface area (Å²) in [5.74, 6) is -1.92. The first-order valence-electron chi connectivity index (χ1n) is 25.0. The van der Waals surface area contributed by atoms with Gasteiger partial charge in [0.05, 0.1) is 40.3 Å². The number of rotatable bonds is 42. The minimum Gasteiger partial charge on any atom is -0.544 e. The summed E-state index contributed by atoms with van der Waals surface area (Å²) in [7, 11) is 5.35. The molecule has 0 saturated carbocycles. The van der Waals surface area contributed by atoms with Crippen molar-refractivity contribution in [2.45, 2.75) is 154 Å². The Labute approximate surface area is 408 Å². The smallest absolute Gasteiger partial charge is 0.306 e. The minimum atomic E-state index is -1.15. The Morgan fingerprint density at radius 3 is 1.07 bits per heavy atom. The third kappa shape index (κ3) is 45.9. The molecule has 0 radical (unpaired) electrons. The molecule has 0 aromatic heterocycles. The molecule has 2 atom stereocenters. The van der Waals surface area contributed by atoms with Crippen molar-refractivity contribution in [1.29, 1.82) is 0 Å². The number of hydrogen-bond donors (Lipinski definition) is 0. The molecule has 8 nitrogen and oxygen atoms in total. The predicted octanol–water partition coefficient (Wildman–Crippen LogP) is 13.4. The molecule has 67 heavy (non-hydrogen) atoms. The Balaban J connectivity index is 4.52. The Kier molecular flexibility index (Phi) is 43.9. The largest absolute Gasteiger partial charge is 0.544 e. The van der Waals surface area contributed by atoms with Crippen LogP contribution >= 0.6 is 0 Å². The number of esters is 2. The SMILES string of the molecule is CC/C=C/C/C=C/C/C=C/C/C=C/C/C=C/C/C=C/C/C=C/CCCC(=O)OC(COCCC(C(=O)[O-])[N+](C)(C)C)COC(=O)CCC/C=C/C/C=C/C/C=C/C/C=C/C/C=C/C/C=C/CC. The zero-order valence-corrected chi connectivity index (χ0v) is 42.2. The molecule has 0 fully saturated rings. The normalized spacial score (nSPS) is 14.2. The number of quaternary nitrogens is 1. The van der Waals surface area contributed by atoms with Crippen molar-refractivity contribution in [2.75, 3.05) is 41.0 Å². The van der Waals surface area contributed by atoms with Crippen LogP contribution in [-0.2, 0) is 28.6 Å². The first-order chi connectivity index (χ1) is 32.6. The van der Waals surface area contributed by atoms with Gasteiger partial charge in [-0.1, -0.05) is 172 Å². The van der Waals surface area contributed by atoms with Gasteiger partial charge in [0, 0.05) is 19.3 Å². The van der Waals surface area contributed by atoms with Gasteiger partial charge < -0.3 is 28.6 Å². The molecular formula is C59H89NO7. The van der Waals surface area contributed by atoms with Crippen LogP contribution in [0.5, 0.6) is 0 Å². The standard InChI is InChI=1S/C59H89NO7/c1-6-8-10-12-14-16-18-20-22-24-26-28-29-30-32-34-36-38-40-42-44-46-48-50-58(62)67-55(53-65-52-51-56(59(63)64)60(3,4)5)54-66-57(61)49-47-45-43-41-39-37-35-33-31-27-25-23-21-19-17-15-13-11-9-7-2/h8-11,14-17,20-23,26-28,30-32,35-38,41-44,55-56H,6-7,12-13,18-19,24-25,29,33-34,39-40,45-54H2,1-5H3/b10-8+,11-9+,16-14+,17-15+,22-20+,23-21+,28-26+,31-27+,32-30+,37-35+,38-36+,43-41+,44-42+. The van der Waals surface area contributed by atoms with Crippen LogP contribution < -0.4 is 5.11 Å². The number of hydrogen-bond acceptors (Lipinski definition) is 7. The van der Waals surface area contributed by atoms with Gasteiger partial charge in [-0.25, -0.2) is 0 Å². The molecule has 0 aromatic rings. The molecule has 0 N–H and O–H groups in total. The molecule has 0 aromatic carbocycles. The maximum Gasteiger partial charge on any atom is 0.306 e. The number of carboxylic acid groups (broad SMARTS) is 1. The van der Waals surface area contributed by atoms with Crippen LogP contribution in [0.2, 0.25) is 0 Å². The monoisotopic (exact) mass is 924 g/mol. The Hall–Kier alpha value is -5.05. The van der Waals surface area contributed by atoms with Crippen LogP contribution in [0.25, 0.3) is 0 Å². The zero-order valence-electron chi connectivity index (χ0n) is 42.2. The van der Waals surface area contributed by atoms with E-state index in [2.05, 4.69) is 172 Å². The lowest BCUT2D eigenvalue weighted by Gasteiger charge is -2.34. The topological polar surface area (TPSA) is 102 Å². The van der Waals surface area contributed by atoms with Crippen molar-refractivity contribution in [3.8, 4) is 0 Å². The predicted molar refractivity (Wildman–Crippen MR) is 281 cm³/mol. The Morgan fingerprint density at radius 1 is 0.448 bits per heavy atom. The molecule has 0 spiro atoms. The van der Waals surface area contributed by atoms with E-state index >= 15 is 0 Å². The summed E-state index contributed by atoms with van der Waals surface area (Å²) in [5.41, 5.74) is 0. The maximum atomic E-state index is 12.8. The van der Waals surface area contributed by atoms with E-state index in [1.807, 2.05) is 0 Å². The molecule has 2 unspecified atom stereocenters. The van der Waals surface area contributed by atoms with Gasteiger partial charge >= 0.3 is 11.9 Å². The van der Waals surface area contributed by atoms with E-state index < -0.39 is 24.1 Å². The molecule has 8 heteroatoms. The molecule has 0 aliphatic heterocycles. The molecule has 0 saturated heterocycles. The highest BCUT2D eigenvalue weighted by molar-refractivity contribution is 5.70. The summed E-state index contributed by atoms with van der Waals surface area (Å²) < 4.78 is 17.1. The molecule has 0 aliphatic rings. The number of nitrogens with zero attached hydrogens (tertiary/aromatic N) is 1. The number of aliphatic carboxylic acids is 1. The second kappa shape index (κ2) is 47.4. The number of ether oxygens (including phenoxy) is 3. The average molecular weight is 924 g/mol. The van der Waals surface area contributed by atoms with E-state index in [9.17, 15) is 19.5 Å². The number of carbonyl (C=O) groups excluding carboxylic acids is 3. The van der Waals surface area contributed by atoms with Gasteiger partial charge in [-0.3, -0.25) is 9.59 Å². The van der Waals surface area contributed by atoms with Crippen molar-refractivity contribution in [3.63, 3.8) is 0 Å². The van der Waals surface area contributed by atoms with Gasteiger partial charge in [0.25, 0.3) is 0 Å². The van der Waals surface area contributed by atoms with Crippen LogP contribution in [0.15, 0.2) is 158 Å². The Morgan fingerprint density at radius 2 is 0.761 bits per heavy atom. The number of carbonyl (C=O) groups is 3. The lowest BCUT2D eigenvalue weighted by molar-refractivity contribution is -0.889. The third-order valence-corrected chi connectivity index (χ3v) is 9.91. The van der Waals surface area contributed by atoms with Crippen LogP contribution in [-0.4, -0.2) is 75.5 Å². The van der Waals surface area contributed by atoms with Crippen molar-refractivity contribution in [3.05, 3.63) is 158 Å². The quantitative estimate of drug-likeness (QED) is 0.0260. The van der Waals surface area contributed by atoms with Crippen molar-refractivity contribution < 1.29 is 38.2 Å². The first-order valence-corrected chi connectivity index (χ1v) is 25.0. The Bertz CT molecular complexity index is 1640. The summed E-state index contributed by atoms with van der Waals surface area (Å²) >= 11 is 0. The molecule has 0 amide bonds. The number of allylic oxidation sites excluding steroid dienone is 26. The van der Waals surface area contributed by atoms with E-state index in [0.717, 1.165) is 96.3 Å². The highest BCUT2D eigenvalue weighted by Crippen LogP contribution is 2.10. The lowest BCUT2D eigenvalue weighted by atomic mass is 10.1. The summed E-state index contributed by atoms with van der Waals surface area (Å²) in [4.78, 5) is 37.0. The van der Waals surface area contributed by atoms with E-state index in [-0.39, 0.29) is 49.5 Å². The molecular weight excluding hydrogens is 835 g/mol. The van der Waals surface area contributed by atoms with Crippen LogP contribution in [0, 0.1) is 0 Å². The van der Waals surface area contributed by atoms with Gasteiger partial charge in [-0.15, -0.1) is 0 Å². The van der Waals surface area contributed by atoms with Gasteiger partial charge in [-0.2, -0.15) is 0 Å². The van der Waals surface area contributed by atoms with Crippen LogP contribution in [0.4, 0.5) is 0 Å². The second-order valence-corrected chi connectivity index (χ2v) is 16.9. The maximum absolute atomic E-state index is 12.8. The lowest BCUT2D eigenvalue weighted by Crippen LogP contribution is -2.55. The van der Waals surface area contributed by atoms with Crippen molar-refractivity contribution in [1.82, 2.24) is 0 Å². The fraction of sp³-hybridized carbons (Fsp3) is 0.508. The summed E-state index contributed by atoms with van der Waals surface area (Å²) in [6, 6.07) is -0.757. The highest BCUT2D eigenvalue weighted by atomic mass is 16.6. The minimum absolute atomic E-state index is 0.0136. The average Bonchev–Trinajstić information content (AvgIpc) is 3.29. The molecule has 0 heterocycles. The number of carboxylic acids is 1. The van der Waals surface area contributed by atoms with E-state index in [1.165, 1.54) is 0 Å². The van der Waals surface area contributed by atoms with Gasteiger partial charge in [0.2, 0.25) is 0 Å². The zero-order chi connectivity index (χ0) is 49.2. The number of unbranched alkanes of at least 4 members (excludes halogenated alkanes) is 2. The summed E-state index contributed by atoms with van der Waals surface area (Å²) in [6.45, 7) is 4.28. The first kappa shape index (κ1) is 62.0. The molecule has 0 bridgehead atoms. The van der Waals surface area contributed by atoms with Crippen LogP contribution in [0.3, 0.4) is 0 Å². The number of likely N-dealkylation sites (N-methyl/N-ethyl adjacent to an activating group) is 1. The van der Waals surface area contributed by atoms with Gasteiger partial charge in [0.15, 0.2) is 6.10 Å². The fourth-order valence-electron chi connectivity index (χ4n) is 6.13. The van der Waals surface area contributed by atoms with E-state index in [4.69, 9.17) is 14.2 Å². The van der Waals surface area contributed by atoms with E-state index in [0.29, 0.717) is 12.8 Å². The fourth-order valence-corrected chi connectivity index (χ4v) is 6.13. The van der Waals surface area contributed by atoms with Crippen molar-refractivity contribution in [2.24, 2.45) is 0 Å². The van der Waals surface area contributed by atoms with Crippen molar-refractivity contribution >= 4 is 17.9 Å². The summed E-state index contributed by atoms with van der Waals surface area (Å²) in [5, 5.41) is 11.7. The molecule has 372 valence electrons. The molecule has 0 rings (SSSR count). The molecule has 0 aliphatic carbocycles. The second-order valence-electron chi connectivity index (χ2n) is 16.9.